The van der Waals surface area contributed by atoms with Gasteiger partial charge in [-0.2, -0.15) is 0 Å². The van der Waals surface area contributed by atoms with E-state index in [1.54, 1.807) is 4.57 Å². The normalized spacial score (nSPS) is 15.6. The zero-order valence-corrected chi connectivity index (χ0v) is 19.7. The Bertz CT molecular complexity index is 1580. The number of benzene rings is 3. The number of hydrogen-bond acceptors (Lipinski definition) is 4. The van der Waals surface area contributed by atoms with E-state index in [1.807, 2.05) is 105 Å². The molecule has 1 aromatic heterocycles. The molecule has 0 saturated carbocycles. The molecule has 1 atom stereocenters. The minimum absolute atomic E-state index is 0.156. The number of para-hydroxylation sites is 1. The van der Waals surface area contributed by atoms with Gasteiger partial charge in [0.1, 0.15) is 0 Å². The molecule has 1 amide bonds. The molecular weight excluding hydrogens is 442 g/mol. The van der Waals surface area contributed by atoms with Gasteiger partial charge < -0.3 is 5.32 Å². The highest BCUT2D eigenvalue weighted by molar-refractivity contribution is 7.07. The van der Waals surface area contributed by atoms with Gasteiger partial charge in [-0.1, -0.05) is 89.7 Å². The summed E-state index contributed by atoms with van der Waals surface area (Å²) < 4.78 is 2.23. The van der Waals surface area contributed by atoms with Crippen molar-refractivity contribution in [3.05, 3.63) is 133 Å². The predicted molar refractivity (Wildman–Crippen MR) is 136 cm³/mol. The molecule has 3 aromatic carbocycles. The summed E-state index contributed by atoms with van der Waals surface area (Å²) in [6, 6.07) is 26.4. The Morgan fingerprint density at radius 2 is 1.68 bits per heavy atom. The SMILES string of the molecule is CC1=C(C(=O)Nc2ccccc2)[C@@H](c2ccccc2)n2c(sc(=Cc3cccc(C)c3)c2=O)=N1. The number of nitrogens with zero attached hydrogens (tertiary/aromatic N) is 2. The lowest BCUT2D eigenvalue weighted by Gasteiger charge is -2.25. The van der Waals surface area contributed by atoms with Gasteiger partial charge in [-0.25, -0.2) is 4.99 Å². The van der Waals surface area contributed by atoms with Crippen molar-refractivity contribution in [1.82, 2.24) is 4.57 Å². The van der Waals surface area contributed by atoms with Crippen LogP contribution in [0.2, 0.25) is 0 Å². The van der Waals surface area contributed by atoms with Crippen molar-refractivity contribution in [3.63, 3.8) is 0 Å². The highest BCUT2D eigenvalue weighted by Crippen LogP contribution is 2.30. The predicted octanol–water partition coefficient (Wildman–Crippen LogP) is 4.18. The zero-order chi connectivity index (χ0) is 23.7. The quantitative estimate of drug-likeness (QED) is 0.491. The van der Waals surface area contributed by atoms with Crippen molar-refractivity contribution in [3.8, 4) is 0 Å². The van der Waals surface area contributed by atoms with Crippen LogP contribution < -0.4 is 20.2 Å². The molecule has 6 heteroatoms. The number of anilines is 1. The first-order valence-electron chi connectivity index (χ1n) is 11.0. The topological polar surface area (TPSA) is 63.5 Å². The van der Waals surface area contributed by atoms with E-state index < -0.39 is 6.04 Å². The van der Waals surface area contributed by atoms with Crippen LogP contribution in [0, 0.1) is 6.92 Å². The molecular formula is C28H23N3O2S. The van der Waals surface area contributed by atoms with Gasteiger partial charge in [-0.05, 0) is 43.2 Å². The first kappa shape index (κ1) is 21.8. The molecule has 34 heavy (non-hydrogen) atoms. The molecule has 5 nitrogen and oxygen atoms in total. The number of aromatic nitrogens is 1. The number of nitrogens with one attached hydrogen (secondary N) is 1. The lowest BCUT2D eigenvalue weighted by Crippen LogP contribution is -2.40. The van der Waals surface area contributed by atoms with Crippen LogP contribution in [0.25, 0.3) is 6.08 Å². The third-order valence-corrected chi connectivity index (χ3v) is 6.74. The smallest absolute Gasteiger partial charge is 0.271 e. The average molecular weight is 466 g/mol. The Morgan fingerprint density at radius 1 is 0.971 bits per heavy atom. The summed E-state index contributed by atoms with van der Waals surface area (Å²) in [5.74, 6) is -0.269. The van der Waals surface area contributed by atoms with E-state index in [1.165, 1.54) is 11.3 Å². The molecule has 1 N–H and O–H groups in total. The number of hydrogen-bond donors (Lipinski definition) is 1. The van der Waals surface area contributed by atoms with E-state index in [0.29, 0.717) is 26.3 Å². The highest BCUT2D eigenvalue weighted by Gasteiger charge is 2.32. The highest BCUT2D eigenvalue weighted by atomic mass is 32.1. The van der Waals surface area contributed by atoms with Gasteiger partial charge in [0, 0.05) is 5.69 Å². The van der Waals surface area contributed by atoms with Crippen LogP contribution >= 0.6 is 11.3 Å². The van der Waals surface area contributed by atoms with E-state index in [0.717, 1.165) is 16.7 Å². The molecule has 0 radical (unpaired) electrons. The maximum Gasteiger partial charge on any atom is 0.271 e. The van der Waals surface area contributed by atoms with E-state index in [2.05, 4.69) is 10.3 Å². The van der Waals surface area contributed by atoms with Gasteiger partial charge in [0.25, 0.3) is 11.5 Å². The van der Waals surface area contributed by atoms with Gasteiger partial charge in [-0.15, -0.1) is 0 Å². The third kappa shape index (κ3) is 4.16. The summed E-state index contributed by atoms with van der Waals surface area (Å²) in [7, 11) is 0. The number of rotatable bonds is 4. The van der Waals surface area contributed by atoms with Crippen molar-refractivity contribution in [1.29, 1.82) is 0 Å². The van der Waals surface area contributed by atoms with Gasteiger partial charge in [0.05, 0.1) is 21.8 Å². The second kappa shape index (κ2) is 9.08. The second-order valence-corrected chi connectivity index (χ2v) is 9.24. The van der Waals surface area contributed by atoms with Crippen molar-refractivity contribution >= 4 is 29.0 Å². The molecule has 1 aliphatic heterocycles. The summed E-state index contributed by atoms with van der Waals surface area (Å²) in [5, 5.41) is 2.97. The summed E-state index contributed by atoms with van der Waals surface area (Å²) >= 11 is 1.34. The minimum atomic E-state index is -0.569. The Labute approximate surface area is 201 Å². The van der Waals surface area contributed by atoms with Crippen LogP contribution in [-0.4, -0.2) is 10.5 Å². The van der Waals surface area contributed by atoms with Gasteiger partial charge in [-0.3, -0.25) is 14.2 Å². The first-order chi connectivity index (χ1) is 16.5. The van der Waals surface area contributed by atoms with E-state index >= 15 is 0 Å². The Hall–Kier alpha value is -4.03. The van der Waals surface area contributed by atoms with Crippen LogP contribution in [0.1, 0.15) is 29.7 Å². The first-order valence-corrected chi connectivity index (χ1v) is 11.8. The molecule has 4 aromatic rings. The van der Waals surface area contributed by atoms with Crippen molar-refractivity contribution < 1.29 is 4.79 Å². The number of carbonyl (C=O) groups excluding carboxylic acids is 1. The van der Waals surface area contributed by atoms with E-state index in [4.69, 9.17) is 0 Å². The van der Waals surface area contributed by atoms with Crippen LogP contribution in [0.3, 0.4) is 0 Å². The Balaban J connectivity index is 1.67. The van der Waals surface area contributed by atoms with Crippen LogP contribution in [0.15, 0.2) is 106 Å². The molecule has 0 spiro atoms. The van der Waals surface area contributed by atoms with E-state index in [9.17, 15) is 9.59 Å². The van der Waals surface area contributed by atoms with Crippen molar-refractivity contribution in [2.24, 2.45) is 4.99 Å². The fourth-order valence-electron chi connectivity index (χ4n) is 4.19. The largest absolute Gasteiger partial charge is 0.322 e. The maximum absolute atomic E-state index is 13.6. The van der Waals surface area contributed by atoms with Crippen molar-refractivity contribution in [2.75, 3.05) is 5.32 Å². The molecule has 0 saturated heterocycles. The summed E-state index contributed by atoms with van der Waals surface area (Å²) in [6.45, 7) is 3.85. The summed E-state index contributed by atoms with van der Waals surface area (Å²) in [4.78, 5) is 32.4. The number of fused-ring (bicyclic) bond motifs is 1. The fourth-order valence-corrected chi connectivity index (χ4v) is 5.24. The van der Waals surface area contributed by atoms with Crippen LogP contribution in [-0.2, 0) is 4.79 Å². The van der Waals surface area contributed by atoms with Gasteiger partial charge in [0.15, 0.2) is 4.80 Å². The third-order valence-electron chi connectivity index (χ3n) is 5.75. The van der Waals surface area contributed by atoms with Crippen molar-refractivity contribution in [2.45, 2.75) is 19.9 Å². The summed E-state index contributed by atoms with van der Waals surface area (Å²) in [5.41, 5.74) is 4.54. The number of aryl methyl sites for hydroxylation is 1. The molecule has 168 valence electrons. The lowest BCUT2D eigenvalue weighted by atomic mass is 9.95. The number of amides is 1. The fraction of sp³-hybridized carbons (Fsp3) is 0.107. The second-order valence-electron chi connectivity index (χ2n) is 8.23. The average Bonchev–Trinajstić information content (AvgIpc) is 3.13. The molecule has 0 fully saturated rings. The monoisotopic (exact) mass is 465 g/mol. The Kier molecular flexibility index (Phi) is 5.82. The number of thiazole rings is 1. The van der Waals surface area contributed by atoms with Crippen LogP contribution in [0.5, 0.6) is 0 Å². The molecule has 5 rings (SSSR count). The zero-order valence-electron chi connectivity index (χ0n) is 18.9. The van der Waals surface area contributed by atoms with Gasteiger partial charge >= 0.3 is 0 Å². The Morgan fingerprint density at radius 3 is 2.38 bits per heavy atom. The maximum atomic E-state index is 13.6. The number of allylic oxidation sites excluding steroid dienone is 1. The minimum Gasteiger partial charge on any atom is -0.322 e. The molecule has 0 bridgehead atoms. The lowest BCUT2D eigenvalue weighted by molar-refractivity contribution is -0.113. The van der Waals surface area contributed by atoms with Crippen LogP contribution in [0.4, 0.5) is 5.69 Å². The summed E-state index contributed by atoms with van der Waals surface area (Å²) in [6.07, 6.45) is 1.89. The molecule has 0 unspecified atom stereocenters. The number of carbonyl (C=O) groups is 1. The molecule has 2 heterocycles. The van der Waals surface area contributed by atoms with E-state index in [-0.39, 0.29) is 11.5 Å². The molecule has 0 aliphatic carbocycles. The van der Waals surface area contributed by atoms with Gasteiger partial charge in [0.2, 0.25) is 0 Å². The molecule has 1 aliphatic rings. The standard InChI is InChI=1S/C28H23N3O2S/c1-18-10-9-11-20(16-18)17-23-27(33)31-25(21-12-5-3-6-13-21)24(19(2)29-28(31)34-23)26(32)30-22-14-7-4-8-15-22/h3-17,25H,1-2H3,(H,30,32)/t25-/m1/s1.